The van der Waals surface area contributed by atoms with Gasteiger partial charge in [0.25, 0.3) is 0 Å². The molecule has 3 nitrogen and oxygen atoms in total. The monoisotopic (exact) mass is 219 g/mol. The van der Waals surface area contributed by atoms with E-state index in [-0.39, 0.29) is 0 Å². The Morgan fingerprint density at radius 2 is 2.00 bits per heavy atom. The number of rotatable bonds is 3. The molecule has 1 aliphatic rings. The minimum absolute atomic E-state index is 0.306. The van der Waals surface area contributed by atoms with Crippen LogP contribution in [0.5, 0.6) is 5.75 Å². The van der Waals surface area contributed by atoms with Gasteiger partial charge in [-0.15, -0.1) is 0 Å². The fourth-order valence-electron chi connectivity index (χ4n) is 2.13. The summed E-state index contributed by atoms with van der Waals surface area (Å²) in [5.41, 5.74) is 14.2. The lowest BCUT2D eigenvalue weighted by Crippen LogP contribution is -2.31. The molecule has 0 amide bonds. The lowest BCUT2D eigenvalue weighted by molar-refractivity contribution is 0.147. The molecule has 87 valence electrons. The van der Waals surface area contributed by atoms with Gasteiger partial charge in [-0.3, -0.25) is 5.73 Å². The third-order valence-corrected chi connectivity index (χ3v) is 3.12. The molecule has 2 rings (SSSR count). The summed E-state index contributed by atoms with van der Waals surface area (Å²) >= 11 is 0. The topological polar surface area (TPSA) is 59.0 Å². The highest BCUT2D eigenvalue weighted by Gasteiger charge is 2.19. The van der Waals surface area contributed by atoms with Gasteiger partial charge in [0.1, 0.15) is 5.75 Å². The predicted octanol–water partition coefficient (Wildman–Crippen LogP) is 2.12. The van der Waals surface area contributed by atoms with E-state index >= 15 is 0 Å². The van der Waals surface area contributed by atoms with Crippen molar-refractivity contribution < 1.29 is 4.74 Å². The lowest BCUT2D eigenvalue weighted by Gasteiger charge is -2.26. The van der Waals surface area contributed by atoms with Crippen molar-refractivity contribution in [3.63, 3.8) is 0 Å². The van der Waals surface area contributed by atoms with Gasteiger partial charge in [-0.2, -0.15) is 0 Å². The molecule has 0 unspecified atom stereocenters. The molecule has 0 bridgehead atoms. The largest absolute Gasteiger partial charge is 0.490 e. The second-order valence-corrected chi connectivity index (χ2v) is 4.48. The predicted molar refractivity (Wildman–Crippen MR) is 64.1 cm³/mol. The molecule has 16 heavy (non-hydrogen) atoms. The van der Waals surface area contributed by atoms with Gasteiger partial charge in [0.15, 0.2) is 0 Å². The SMILES string of the molecule is [NH]Cc1cccc(OC2CCC(N)CC2)c1. The van der Waals surface area contributed by atoms with Gasteiger partial charge in [-0.25, -0.2) is 0 Å². The van der Waals surface area contributed by atoms with Crippen LogP contribution < -0.4 is 16.2 Å². The van der Waals surface area contributed by atoms with Gasteiger partial charge in [-0.05, 0) is 43.4 Å². The van der Waals surface area contributed by atoms with Gasteiger partial charge < -0.3 is 10.5 Å². The Kier molecular flexibility index (Phi) is 3.80. The fraction of sp³-hybridized carbons (Fsp3) is 0.538. The third-order valence-electron chi connectivity index (χ3n) is 3.12. The summed E-state index contributed by atoms with van der Waals surface area (Å²) in [7, 11) is 0. The van der Waals surface area contributed by atoms with E-state index in [9.17, 15) is 0 Å². The van der Waals surface area contributed by atoms with E-state index in [2.05, 4.69) is 0 Å². The fourth-order valence-corrected chi connectivity index (χ4v) is 2.13. The molecule has 1 aromatic rings. The van der Waals surface area contributed by atoms with E-state index in [0.29, 0.717) is 18.7 Å². The highest BCUT2D eigenvalue weighted by molar-refractivity contribution is 5.28. The summed E-state index contributed by atoms with van der Waals surface area (Å²) in [6.45, 7) is 0.312. The summed E-state index contributed by atoms with van der Waals surface area (Å²) in [6.07, 6.45) is 4.52. The third kappa shape index (κ3) is 2.97. The van der Waals surface area contributed by atoms with E-state index in [1.807, 2.05) is 24.3 Å². The van der Waals surface area contributed by atoms with Crippen LogP contribution in [0.4, 0.5) is 0 Å². The molecule has 0 aromatic heterocycles. The van der Waals surface area contributed by atoms with Crippen LogP contribution in [0.25, 0.3) is 0 Å². The zero-order valence-electron chi connectivity index (χ0n) is 9.49. The Morgan fingerprint density at radius 1 is 1.25 bits per heavy atom. The Bertz CT molecular complexity index is 332. The molecule has 1 saturated carbocycles. The zero-order chi connectivity index (χ0) is 11.4. The van der Waals surface area contributed by atoms with Crippen LogP contribution in [0.3, 0.4) is 0 Å². The van der Waals surface area contributed by atoms with Gasteiger partial charge >= 0.3 is 0 Å². The van der Waals surface area contributed by atoms with E-state index in [1.165, 1.54) is 0 Å². The van der Waals surface area contributed by atoms with E-state index in [4.69, 9.17) is 16.2 Å². The Balaban J connectivity index is 1.93. The van der Waals surface area contributed by atoms with Gasteiger partial charge in [0.05, 0.1) is 6.10 Å². The Morgan fingerprint density at radius 3 is 2.69 bits per heavy atom. The molecule has 1 aromatic carbocycles. The first-order valence-electron chi connectivity index (χ1n) is 5.93. The number of benzene rings is 1. The molecule has 0 saturated heterocycles. The lowest BCUT2D eigenvalue weighted by atomic mass is 9.94. The molecule has 1 radical (unpaired) electrons. The second-order valence-electron chi connectivity index (χ2n) is 4.48. The standard InChI is InChI=1S/C13H19N2O/c14-9-10-2-1-3-13(8-10)16-12-6-4-11(15)5-7-12/h1-3,8,11-12,14H,4-7,9,15H2. The highest BCUT2D eigenvalue weighted by Crippen LogP contribution is 2.23. The summed E-state index contributed by atoms with van der Waals surface area (Å²) in [6, 6.07) is 8.19. The van der Waals surface area contributed by atoms with Crippen molar-refractivity contribution in [2.24, 2.45) is 5.73 Å². The molecule has 0 aliphatic heterocycles. The van der Waals surface area contributed by atoms with Crippen LogP contribution in [-0.4, -0.2) is 12.1 Å². The Labute approximate surface area is 96.8 Å². The maximum atomic E-state index is 7.31. The number of ether oxygens (including phenoxy) is 1. The first-order chi connectivity index (χ1) is 7.78. The van der Waals surface area contributed by atoms with Gasteiger partial charge in [-0.1, -0.05) is 12.1 Å². The molecule has 0 atom stereocenters. The van der Waals surface area contributed by atoms with Crippen LogP contribution >= 0.6 is 0 Å². The summed E-state index contributed by atoms with van der Waals surface area (Å²) in [5, 5.41) is 0. The summed E-state index contributed by atoms with van der Waals surface area (Å²) in [5.74, 6) is 0.894. The quantitative estimate of drug-likeness (QED) is 0.846. The van der Waals surface area contributed by atoms with Crippen LogP contribution in [-0.2, 0) is 6.54 Å². The minimum Gasteiger partial charge on any atom is -0.490 e. The number of hydrogen-bond acceptors (Lipinski definition) is 2. The maximum Gasteiger partial charge on any atom is 0.120 e. The highest BCUT2D eigenvalue weighted by atomic mass is 16.5. The van der Waals surface area contributed by atoms with Crippen molar-refractivity contribution in [2.75, 3.05) is 0 Å². The smallest absolute Gasteiger partial charge is 0.120 e. The average molecular weight is 219 g/mol. The van der Waals surface area contributed by atoms with E-state index in [0.717, 1.165) is 37.0 Å². The van der Waals surface area contributed by atoms with Gasteiger partial charge in [0, 0.05) is 12.6 Å². The summed E-state index contributed by atoms with van der Waals surface area (Å²) in [4.78, 5) is 0. The maximum absolute atomic E-state index is 7.31. The molecule has 3 heteroatoms. The molecule has 0 spiro atoms. The molecular formula is C13H19N2O. The number of hydrogen-bond donors (Lipinski definition) is 1. The normalized spacial score (nSPS) is 25.4. The second kappa shape index (κ2) is 5.32. The number of nitrogens with two attached hydrogens (primary N) is 1. The van der Waals surface area contributed by atoms with Crippen LogP contribution in [0.1, 0.15) is 31.2 Å². The average Bonchev–Trinajstić information content (AvgIpc) is 2.32. The first-order valence-corrected chi connectivity index (χ1v) is 5.93. The minimum atomic E-state index is 0.306. The Hall–Kier alpha value is -1.06. The van der Waals surface area contributed by atoms with E-state index < -0.39 is 0 Å². The summed E-state index contributed by atoms with van der Waals surface area (Å²) < 4.78 is 5.91. The molecule has 1 aliphatic carbocycles. The van der Waals surface area contributed by atoms with Crippen LogP contribution in [0, 0.1) is 0 Å². The molecule has 3 N–H and O–H groups in total. The first kappa shape index (κ1) is 11.4. The molecular weight excluding hydrogens is 200 g/mol. The van der Waals surface area contributed by atoms with E-state index in [1.54, 1.807) is 0 Å². The van der Waals surface area contributed by atoms with Crippen LogP contribution in [0.2, 0.25) is 0 Å². The van der Waals surface area contributed by atoms with Crippen LogP contribution in [0.15, 0.2) is 24.3 Å². The van der Waals surface area contributed by atoms with Crippen molar-refractivity contribution in [2.45, 2.75) is 44.4 Å². The molecule has 1 fully saturated rings. The van der Waals surface area contributed by atoms with Crippen molar-refractivity contribution in [1.29, 1.82) is 0 Å². The number of nitrogens with one attached hydrogen (secondary N) is 1. The van der Waals surface area contributed by atoms with Gasteiger partial charge in [0.2, 0.25) is 0 Å². The van der Waals surface area contributed by atoms with Crippen molar-refractivity contribution in [1.82, 2.24) is 5.73 Å². The van der Waals surface area contributed by atoms with Crippen molar-refractivity contribution >= 4 is 0 Å². The molecule has 0 heterocycles. The van der Waals surface area contributed by atoms with Crippen molar-refractivity contribution in [3.8, 4) is 5.75 Å². The van der Waals surface area contributed by atoms with Crippen molar-refractivity contribution in [3.05, 3.63) is 29.8 Å². The zero-order valence-corrected chi connectivity index (χ0v) is 9.49.